The molecule has 0 aliphatic carbocycles. The summed E-state index contributed by atoms with van der Waals surface area (Å²) in [7, 11) is -0.531. The van der Waals surface area contributed by atoms with Crippen molar-refractivity contribution in [1.29, 1.82) is 0 Å². The number of hydrogen-bond acceptors (Lipinski definition) is 7. The number of sulfonamides is 1. The third-order valence-electron chi connectivity index (χ3n) is 4.92. The Balaban J connectivity index is 1.63. The van der Waals surface area contributed by atoms with Crippen molar-refractivity contribution < 1.29 is 22.3 Å². The highest BCUT2D eigenvalue weighted by Gasteiger charge is 2.37. The Morgan fingerprint density at radius 1 is 1.10 bits per heavy atom. The van der Waals surface area contributed by atoms with Gasteiger partial charge in [0.05, 0.1) is 24.5 Å². The van der Waals surface area contributed by atoms with Gasteiger partial charge in [-0.15, -0.1) is 11.8 Å². The fourth-order valence-corrected chi connectivity index (χ4v) is 6.63. The predicted molar refractivity (Wildman–Crippen MR) is 115 cm³/mol. The SMILES string of the molecule is COc1ccc(C2SCCN2S(=O)(=O)c2ccc(-c3coc(C)n3)cc2)cc1OC. The van der Waals surface area contributed by atoms with Gasteiger partial charge in [0, 0.05) is 24.8 Å². The molecule has 1 atom stereocenters. The van der Waals surface area contributed by atoms with Crippen LogP contribution in [0, 0.1) is 6.92 Å². The second-order valence-electron chi connectivity index (χ2n) is 6.73. The number of nitrogens with zero attached hydrogens (tertiary/aromatic N) is 2. The molecule has 1 aromatic heterocycles. The van der Waals surface area contributed by atoms with Crippen molar-refractivity contribution in [2.24, 2.45) is 0 Å². The van der Waals surface area contributed by atoms with Crippen LogP contribution < -0.4 is 9.47 Å². The van der Waals surface area contributed by atoms with Gasteiger partial charge >= 0.3 is 0 Å². The molecule has 2 heterocycles. The maximum atomic E-state index is 13.4. The highest BCUT2D eigenvalue weighted by atomic mass is 32.2. The number of thioether (sulfide) groups is 1. The van der Waals surface area contributed by atoms with Gasteiger partial charge in [-0.25, -0.2) is 13.4 Å². The summed E-state index contributed by atoms with van der Waals surface area (Å²) in [5.74, 6) is 2.46. The minimum absolute atomic E-state index is 0.249. The van der Waals surface area contributed by atoms with Crippen molar-refractivity contribution in [2.45, 2.75) is 17.2 Å². The number of oxazole rings is 1. The third-order valence-corrected chi connectivity index (χ3v) is 8.19. The first-order chi connectivity index (χ1) is 14.4. The highest BCUT2D eigenvalue weighted by molar-refractivity contribution is 8.01. The monoisotopic (exact) mass is 446 g/mol. The molecule has 9 heteroatoms. The number of aromatic nitrogens is 1. The summed E-state index contributed by atoms with van der Waals surface area (Å²) in [6.45, 7) is 2.21. The van der Waals surface area contributed by atoms with E-state index in [-0.39, 0.29) is 10.3 Å². The molecule has 1 fully saturated rings. The van der Waals surface area contributed by atoms with E-state index < -0.39 is 10.0 Å². The quantitative estimate of drug-likeness (QED) is 0.564. The van der Waals surface area contributed by atoms with Gasteiger partial charge in [0.25, 0.3) is 0 Å². The summed E-state index contributed by atoms with van der Waals surface area (Å²) in [5.41, 5.74) is 2.34. The summed E-state index contributed by atoms with van der Waals surface area (Å²) >= 11 is 1.59. The number of methoxy groups -OCH3 is 2. The Hall–Kier alpha value is -2.49. The minimum atomic E-state index is -3.67. The van der Waals surface area contributed by atoms with E-state index in [9.17, 15) is 8.42 Å². The molecule has 7 nitrogen and oxygen atoms in total. The molecule has 0 saturated carbocycles. The third kappa shape index (κ3) is 3.80. The van der Waals surface area contributed by atoms with Crippen LogP contribution in [-0.4, -0.2) is 44.2 Å². The van der Waals surface area contributed by atoms with E-state index in [0.717, 1.165) is 11.1 Å². The molecule has 1 unspecified atom stereocenters. The van der Waals surface area contributed by atoms with Gasteiger partial charge < -0.3 is 13.9 Å². The number of ether oxygens (including phenoxy) is 2. The van der Waals surface area contributed by atoms with Crippen molar-refractivity contribution in [1.82, 2.24) is 9.29 Å². The van der Waals surface area contributed by atoms with Crippen molar-refractivity contribution in [2.75, 3.05) is 26.5 Å². The van der Waals surface area contributed by atoms with E-state index >= 15 is 0 Å². The lowest BCUT2D eigenvalue weighted by Crippen LogP contribution is -2.30. The molecule has 30 heavy (non-hydrogen) atoms. The zero-order valence-electron chi connectivity index (χ0n) is 16.9. The fourth-order valence-electron chi connectivity index (χ4n) is 3.40. The van der Waals surface area contributed by atoms with Gasteiger partial charge in [-0.05, 0) is 29.8 Å². The summed E-state index contributed by atoms with van der Waals surface area (Å²) in [4.78, 5) is 4.53. The lowest BCUT2D eigenvalue weighted by molar-refractivity contribution is 0.353. The number of hydrogen-bond donors (Lipinski definition) is 0. The van der Waals surface area contributed by atoms with Crippen molar-refractivity contribution in [3.05, 3.63) is 60.2 Å². The molecule has 0 amide bonds. The lowest BCUT2D eigenvalue weighted by Gasteiger charge is -2.24. The normalized spacial score (nSPS) is 17.2. The fraction of sp³-hybridized carbons (Fsp3) is 0.286. The Morgan fingerprint density at radius 2 is 1.83 bits per heavy atom. The van der Waals surface area contributed by atoms with Gasteiger partial charge in [-0.2, -0.15) is 4.31 Å². The average Bonchev–Trinajstić information content (AvgIpc) is 3.43. The van der Waals surface area contributed by atoms with E-state index in [2.05, 4.69) is 4.98 Å². The number of aryl methyl sites for hydroxylation is 1. The number of benzene rings is 2. The molecular weight excluding hydrogens is 424 g/mol. The van der Waals surface area contributed by atoms with E-state index in [1.54, 1.807) is 69.5 Å². The molecule has 0 spiro atoms. The van der Waals surface area contributed by atoms with E-state index in [1.807, 2.05) is 12.1 Å². The number of rotatable bonds is 6. The topological polar surface area (TPSA) is 81.9 Å². The van der Waals surface area contributed by atoms with Gasteiger partial charge in [0.15, 0.2) is 17.4 Å². The molecule has 1 aliphatic heterocycles. The van der Waals surface area contributed by atoms with Gasteiger partial charge in [-0.1, -0.05) is 18.2 Å². The molecule has 158 valence electrons. The zero-order chi connectivity index (χ0) is 21.3. The van der Waals surface area contributed by atoms with Crippen LogP contribution in [0.5, 0.6) is 11.5 Å². The molecule has 0 bridgehead atoms. The van der Waals surface area contributed by atoms with Crippen LogP contribution in [0.2, 0.25) is 0 Å². The van der Waals surface area contributed by atoms with Crippen LogP contribution in [0.4, 0.5) is 0 Å². The first kappa shape index (κ1) is 20.8. The Bertz CT molecular complexity index is 1140. The maximum absolute atomic E-state index is 13.4. The van der Waals surface area contributed by atoms with Crippen molar-refractivity contribution >= 4 is 21.8 Å². The molecular formula is C21H22N2O5S2. The lowest BCUT2D eigenvalue weighted by atomic mass is 10.2. The first-order valence-corrected chi connectivity index (χ1v) is 11.8. The second-order valence-corrected chi connectivity index (χ2v) is 9.81. The van der Waals surface area contributed by atoms with Gasteiger partial charge in [0.2, 0.25) is 10.0 Å². The van der Waals surface area contributed by atoms with Crippen LogP contribution in [0.1, 0.15) is 16.8 Å². The van der Waals surface area contributed by atoms with Crippen molar-refractivity contribution in [3.8, 4) is 22.8 Å². The Labute approximate surface area is 180 Å². The minimum Gasteiger partial charge on any atom is -0.493 e. The summed E-state index contributed by atoms with van der Waals surface area (Å²) < 4.78 is 44.2. The van der Waals surface area contributed by atoms with Crippen LogP contribution in [0.25, 0.3) is 11.3 Å². The first-order valence-electron chi connectivity index (χ1n) is 9.32. The second kappa shape index (κ2) is 8.33. The van der Waals surface area contributed by atoms with Crippen LogP contribution in [0.15, 0.2) is 58.0 Å². The molecule has 3 aromatic rings. The smallest absolute Gasteiger partial charge is 0.244 e. The van der Waals surface area contributed by atoms with Crippen LogP contribution in [-0.2, 0) is 10.0 Å². The van der Waals surface area contributed by atoms with Gasteiger partial charge in [0.1, 0.15) is 12.0 Å². The summed E-state index contributed by atoms with van der Waals surface area (Å²) in [6, 6.07) is 12.2. The van der Waals surface area contributed by atoms with Crippen molar-refractivity contribution in [3.63, 3.8) is 0 Å². The molecule has 0 N–H and O–H groups in total. The Kier molecular flexibility index (Phi) is 5.77. The van der Waals surface area contributed by atoms with Crippen LogP contribution >= 0.6 is 11.8 Å². The maximum Gasteiger partial charge on any atom is 0.244 e. The summed E-state index contributed by atoms with van der Waals surface area (Å²) in [5, 5.41) is -0.326. The zero-order valence-corrected chi connectivity index (χ0v) is 18.5. The molecule has 0 radical (unpaired) electrons. The van der Waals surface area contributed by atoms with E-state index in [4.69, 9.17) is 13.9 Å². The largest absolute Gasteiger partial charge is 0.493 e. The molecule has 1 saturated heterocycles. The standard InChI is InChI=1S/C21H22N2O5S2/c1-14-22-18(13-28-14)15-4-7-17(8-5-15)30(24,25)23-10-11-29-21(23)16-6-9-19(26-2)20(12-16)27-3/h4-9,12-13,21H,10-11H2,1-3H3. The highest BCUT2D eigenvalue weighted by Crippen LogP contribution is 2.43. The van der Waals surface area contributed by atoms with E-state index in [1.165, 1.54) is 4.31 Å². The molecule has 1 aliphatic rings. The summed E-state index contributed by atoms with van der Waals surface area (Å²) in [6.07, 6.45) is 1.56. The molecule has 2 aromatic carbocycles. The average molecular weight is 447 g/mol. The van der Waals surface area contributed by atoms with Gasteiger partial charge in [-0.3, -0.25) is 0 Å². The predicted octanol–water partition coefficient (Wildman–Crippen LogP) is 4.10. The molecule has 4 rings (SSSR count). The van der Waals surface area contributed by atoms with E-state index in [0.29, 0.717) is 35.4 Å². The Morgan fingerprint density at radius 3 is 2.47 bits per heavy atom. The van der Waals surface area contributed by atoms with Crippen LogP contribution in [0.3, 0.4) is 0 Å².